The minimum absolute atomic E-state index is 0.320. The van der Waals surface area contributed by atoms with E-state index in [2.05, 4.69) is 133 Å². The number of hydrogen-bond acceptors (Lipinski definition) is 3. The molecule has 0 aromatic heterocycles. The second-order valence-electron chi connectivity index (χ2n) is 10.6. The zero-order valence-electron chi connectivity index (χ0n) is 21.9. The van der Waals surface area contributed by atoms with Gasteiger partial charge in [-0.3, -0.25) is 4.90 Å². The van der Waals surface area contributed by atoms with Gasteiger partial charge in [-0.15, -0.1) is 0 Å². The third kappa shape index (κ3) is 5.64. The van der Waals surface area contributed by atoms with Crippen molar-refractivity contribution in [1.82, 2.24) is 10.2 Å². The molecule has 4 aromatic rings. The Morgan fingerprint density at radius 3 is 2.36 bits per heavy atom. The van der Waals surface area contributed by atoms with Crippen molar-refractivity contribution in [1.29, 1.82) is 0 Å². The Morgan fingerprint density at radius 1 is 0.861 bits per heavy atom. The molecule has 1 N–H and O–H groups in total. The Kier molecular flexibility index (Phi) is 7.69. The molecule has 0 aliphatic carbocycles. The zero-order valence-corrected chi connectivity index (χ0v) is 21.9. The van der Waals surface area contributed by atoms with Gasteiger partial charge in [-0.2, -0.15) is 0 Å². The van der Waals surface area contributed by atoms with Crippen LogP contribution in [-0.2, 0) is 6.54 Å². The van der Waals surface area contributed by atoms with Crippen molar-refractivity contribution in [2.75, 3.05) is 38.6 Å². The Bertz CT molecular complexity index is 1240. The first-order valence-corrected chi connectivity index (χ1v) is 13.3. The number of anilines is 1. The molecule has 36 heavy (non-hydrogen) atoms. The fourth-order valence-electron chi connectivity index (χ4n) is 5.76. The topological polar surface area (TPSA) is 18.5 Å². The van der Waals surface area contributed by atoms with Crippen LogP contribution in [0, 0.1) is 5.92 Å². The van der Waals surface area contributed by atoms with Gasteiger partial charge in [-0.05, 0) is 71.9 Å². The highest BCUT2D eigenvalue weighted by Gasteiger charge is 2.30. The maximum absolute atomic E-state index is 3.92. The molecule has 0 saturated carbocycles. The van der Waals surface area contributed by atoms with Crippen LogP contribution >= 0.6 is 0 Å². The number of nitrogens with zero attached hydrogens (tertiary/aromatic N) is 2. The van der Waals surface area contributed by atoms with Crippen molar-refractivity contribution in [3.8, 4) is 0 Å². The zero-order chi connectivity index (χ0) is 24.9. The smallest absolute Gasteiger partial charge is 0.0361 e. The van der Waals surface area contributed by atoms with Crippen molar-refractivity contribution < 1.29 is 0 Å². The van der Waals surface area contributed by atoms with Crippen LogP contribution < -0.4 is 10.2 Å². The molecule has 5 rings (SSSR count). The van der Waals surface area contributed by atoms with E-state index in [1.165, 1.54) is 39.6 Å². The van der Waals surface area contributed by atoms with Crippen LogP contribution in [0.1, 0.15) is 42.0 Å². The fraction of sp³-hybridized carbons (Fsp3) is 0.333. The summed E-state index contributed by atoms with van der Waals surface area (Å²) in [4.78, 5) is 4.81. The van der Waals surface area contributed by atoms with Crippen molar-refractivity contribution >= 4 is 16.5 Å². The van der Waals surface area contributed by atoms with Crippen molar-refractivity contribution in [2.45, 2.75) is 31.8 Å². The van der Waals surface area contributed by atoms with Crippen LogP contribution in [0.5, 0.6) is 0 Å². The Balaban J connectivity index is 1.28. The summed E-state index contributed by atoms with van der Waals surface area (Å²) in [7, 11) is 4.19. The number of piperidine rings is 1. The van der Waals surface area contributed by atoms with E-state index < -0.39 is 0 Å². The third-order valence-corrected chi connectivity index (χ3v) is 7.90. The molecule has 1 fully saturated rings. The molecular weight excluding hydrogens is 438 g/mol. The molecule has 1 aliphatic heterocycles. The van der Waals surface area contributed by atoms with E-state index in [1.807, 2.05) is 0 Å². The molecule has 1 heterocycles. The predicted octanol–water partition coefficient (Wildman–Crippen LogP) is 6.86. The lowest BCUT2D eigenvalue weighted by Crippen LogP contribution is -2.42. The Labute approximate surface area is 216 Å². The van der Waals surface area contributed by atoms with Crippen molar-refractivity contribution in [3.63, 3.8) is 0 Å². The van der Waals surface area contributed by atoms with Crippen LogP contribution in [0.4, 0.5) is 5.69 Å². The van der Waals surface area contributed by atoms with E-state index in [1.54, 1.807) is 0 Å². The van der Waals surface area contributed by atoms with Gasteiger partial charge in [-0.25, -0.2) is 0 Å². The second kappa shape index (κ2) is 11.3. The van der Waals surface area contributed by atoms with Crippen molar-refractivity contribution in [2.24, 2.45) is 5.92 Å². The van der Waals surface area contributed by atoms with Crippen LogP contribution in [0.15, 0.2) is 97.1 Å². The number of nitrogens with one attached hydrogen (secondary N) is 1. The molecule has 186 valence electrons. The molecule has 1 saturated heterocycles. The summed E-state index contributed by atoms with van der Waals surface area (Å²) in [5.74, 6) is 1.16. The molecule has 0 bridgehead atoms. The van der Waals surface area contributed by atoms with E-state index in [-0.39, 0.29) is 0 Å². The van der Waals surface area contributed by atoms with Gasteiger partial charge in [0.2, 0.25) is 0 Å². The molecule has 0 amide bonds. The molecule has 0 radical (unpaired) electrons. The average molecular weight is 478 g/mol. The summed E-state index contributed by atoms with van der Waals surface area (Å²) in [5.41, 5.74) is 5.51. The van der Waals surface area contributed by atoms with Gasteiger partial charge < -0.3 is 10.2 Å². The lowest BCUT2D eigenvalue weighted by molar-refractivity contribution is 0.148. The molecular formula is C33H39N3. The molecule has 1 aliphatic rings. The summed E-state index contributed by atoms with van der Waals surface area (Å²) in [6, 6.07) is 35.9. The summed E-state index contributed by atoms with van der Waals surface area (Å²) in [6.45, 7) is 6.62. The molecule has 3 heteroatoms. The highest BCUT2D eigenvalue weighted by molar-refractivity contribution is 5.86. The van der Waals surface area contributed by atoms with Gasteiger partial charge >= 0.3 is 0 Å². The molecule has 3 nitrogen and oxygen atoms in total. The first-order chi connectivity index (χ1) is 17.6. The lowest BCUT2D eigenvalue weighted by Gasteiger charge is -2.39. The highest BCUT2D eigenvalue weighted by Crippen LogP contribution is 2.34. The number of likely N-dealkylation sites (tertiary alicyclic amines) is 1. The summed E-state index contributed by atoms with van der Waals surface area (Å²) < 4.78 is 0. The molecule has 4 aromatic carbocycles. The van der Waals surface area contributed by atoms with Gasteiger partial charge in [0.1, 0.15) is 0 Å². The lowest BCUT2D eigenvalue weighted by atomic mass is 9.80. The molecule has 3 atom stereocenters. The number of fused-ring (bicyclic) bond motifs is 1. The van der Waals surface area contributed by atoms with Crippen LogP contribution in [0.3, 0.4) is 0 Å². The predicted molar refractivity (Wildman–Crippen MR) is 154 cm³/mol. The van der Waals surface area contributed by atoms with Crippen LogP contribution in [-0.4, -0.2) is 38.6 Å². The first kappa shape index (κ1) is 24.5. The average Bonchev–Trinajstić information content (AvgIpc) is 2.92. The number of benzene rings is 4. The molecule has 0 spiro atoms. The monoisotopic (exact) mass is 477 g/mol. The summed E-state index contributed by atoms with van der Waals surface area (Å²) in [5, 5.41) is 6.59. The SMILES string of the molecule is C[C@@H](NCC1CCN(Cc2ccc(N(C)C)cc2)CC1c1ccccc1)c1cccc2ccccc12. The number of hydrogen-bond donors (Lipinski definition) is 1. The van der Waals surface area contributed by atoms with Gasteiger partial charge in [0.05, 0.1) is 0 Å². The van der Waals surface area contributed by atoms with Crippen LogP contribution in [0.2, 0.25) is 0 Å². The minimum Gasteiger partial charge on any atom is -0.378 e. The second-order valence-corrected chi connectivity index (χ2v) is 10.6. The first-order valence-electron chi connectivity index (χ1n) is 13.3. The van der Waals surface area contributed by atoms with Gasteiger partial charge in [-0.1, -0.05) is 84.9 Å². The Hall–Kier alpha value is -3.14. The maximum atomic E-state index is 3.92. The quantitative estimate of drug-likeness (QED) is 0.299. The van der Waals surface area contributed by atoms with E-state index in [4.69, 9.17) is 0 Å². The van der Waals surface area contributed by atoms with Gasteiger partial charge in [0.15, 0.2) is 0 Å². The standard InChI is InChI=1S/C33H39N3/c1-25(31-15-9-13-27-12-7-8-14-32(27)31)34-22-29-20-21-36(24-33(29)28-10-5-4-6-11-28)23-26-16-18-30(19-17-26)35(2)3/h4-19,25,29,33-34H,20-24H2,1-3H3/t25-,29?,33?/m1/s1. The van der Waals surface area contributed by atoms with Gasteiger partial charge in [0.25, 0.3) is 0 Å². The highest BCUT2D eigenvalue weighted by atomic mass is 15.1. The van der Waals surface area contributed by atoms with Crippen molar-refractivity contribution in [3.05, 3.63) is 114 Å². The molecule has 2 unspecified atom stereocenters. The van der Waals surface area contributed by atoms with Crippen LogP contribution in [0.25, 0.3) is 10.8 Å². The van der Waals surface area contributed by atoms with E-state index in [9.17, 15) is 0 Å². The van der Waals surface area contributed by atoms with Gasteiger partial charge in [0, 0.05) is 44.8 Å². The maximum Gasteiger partial charge on any atom is 0.0361 e. The largest absolute Gasteiger partial charge is 0.378 e. The summed E-state index contributed by atoms with van der Waals surface area (Å²) in [6.07, 6.45) is 1.21. The van der Waals surface area contributed by atoms with E-state index in [0.29, 0.717) is 17.9 Å². The Morgan fingerprint density at radius 2 is 1.58 bits per heavy atom. The number of rotatable bonds is 8. The minimum atomic E-state index is 0.320. The van der Waals surface area contributed by atoms with E-state index >= 15 is 0 Å². The normalized spacial score (nSPS) is 19.3. The fourth-order valence-corrected chi connectivity index (χ4v) is 5.76. The third-order valence-electron chi connectivity index (χ3n) is 7.90. The van der Waals surface area contributed by atoms with E-state index in [0.717, 1.165) is 26.2 Å². The summed E-state index contributed by atoms with van der Waals surface area (Å²) >= 11 is 0.